The smallest absolute Gasteiger partial charge is 0.0227 e. The summed E-state index contributed by atoms with van der Waals surface area (Å²) in [6, 6.07) is 8.72. The lowest BCUT2D eigenvalue weighted by Crippen LogP contribution is -2.05. The van der Waals surface area contributed by atoms with Gasteiger partial charge in [-0.3, -0.25) is 0 Å². The Morgan fingerprint density at radius 3 is 2.47 bits per heavy atom. The summed E-state index contributed by atoms with van der Waals surface area (Å²) in [6.45, 7) is 13.1. The maximum atomic E-state index is 4.19. The van der Waals surface area contributed by atoms with Gasteiger partial charge >= 0.3 is 0 Å². The van der Waals surface area contributed by atoms with E-state index < -0.39 is 0 Å². The highest BCUT2D eigenvalue weighted by molar-refractivity contribution is 5.64. The first-order valence-corrected chi connectivity index (χ1v) is 5.69. The standard InChI is InChI=1S/C15H22/c1-6-13-8-7-9-14(10-13)12(2)11-15(3,4)5/h7-10H,2,6,11H2,1,3-5H3. The molecular formula is C15H22. The molecule has 0 fully saturated rings. The molecule has 1 aromatic rings. The molecule has 0 saturated heterocycles. The highest BCUT2D eigenvalue weighted by Crippen LogP contribution is 2.29. The molecule has 0 heterocycles. The molecule has 0 nitrogen and oxygen atoms in total. The second-order valence-electron chi connectivity index (χ2n) is 5.39. The zero-order valence-corrected chi connectivity index (χ0v) is 10.4. The van der Waals surface area contributed by atoms with Gasteiger partial charge in [0.25, 0.3) is 0 Å². The largest absolute Gasteiger partial charge is 0.0952 e. The van der Waals surface area contributed by atoms with Gasteiger partial charge in [-0.2, -0.15) is 0 Å². The second-order valence-corrected chi connectivity index (χ2v) is 5.39. The van der Waals surface area contributed by atoms with Gasteiger partial charge in [-0.15, -0.1) is 0 Å². The molecule has 0 radical (unpaired) electrons. The summed E-state index contributed by atoms with van der Waals surface area (Å²) < 4.78 is 0. The van der Waals surface area contributed by atoms with Gasteiger partial charge in [-0.25, -0.2) is 0 Å². The summed E-state index contributed by atoms with van der Waals surface area (Å²) in [6.07, 6.45) is 2.15. The van der Waals surface area contributed by atoms with Crippen LogP contribution in [-0.2, 0) is 6.42 Å². The van der Waals surface area contributed by atoms with Gasteiger partial charge in [-0.05, 0) is 35.0 Å². The fourth-order valence-electron chi connectivity index (χ4n) is 1.75. The van der Waals surface area contributed by atoms with Crippen molar-refractivity contribution in [2.75, 3.05) is 0 Å². The highest BCUT2D eigenvalue weighted by atomic mass is 14.2. The van der Waals surface area contributed by atoms with E-state index in [0.717, 1.165) is 12.8 Å². The van der Waals surface area contributed by atoms with Gasteiger partial charge in [0, 0.05) is 0 Å². The van der Waals surface area contributed by atoms with Crippen LogP contribution < -0.4 is 0 Å². The molecule has 82 valence electrons. The minimum absolute atomic E-state index is 0.319. The Labute approximate surface area is 94.0 Å². The Balaban J connectivity index is 2.82. The Hall–Kier alpha value is -1.04. The molecule has 1 rings (SSSR count). The van der Waals surface area contributed by atoms with E-state index in [-0.39, 0.29) is 0 Å². The lowest BCUT2D eigenvalue weighted by atomic mass is 9.85. The van der Waals surface area contributed by atoms with Crippen molar-refractivity contribution in [1.29, 1.82) is 0 Å². The van der Waals surface area contributed by atoms with Crippen molar-refractivity contribution < 1.29 is 0 Å². The first-order valence-electron chi connectivity index (χ1n) is 5.69. The van der Waals surface area contributed by atoms with Crippen molar-refractivity contribution in [3.05, 3.63) is 42.0 Å². The summed E-state index contributed by atoms with van der Waals surface area (Å²) in [7, 11) is 0. The van der Waals surface area contributed by atoms with Crippen LogP contribution in [0.2, 0.25) is 0 Å². The van der Waals surface area contributed by atoms with Gasteiger partial charge in [0.2, 0.25) is 0 Å². The minimum Gasteiger partial charge on any atom is -0.0952 e. The molecular weight excluding hydrogens is 180 g/mol. The van der Waals surface area contributed by atoms with E-state index in [1.165, 1.54) is 16.7 Å². The van der Waals surface area contributed by atoms with Crippen LogP contribution in [0.25, 0.3) is 5.57 Å². The van der Waals surface area contributed by atoms with E-state index in [1.54, 1.807) is 0 Å². The van der Waals surface area contributed by atoms with Gasteiger partial charge in [-0.1, -0.05) is 58.5 Å². The molecule has 0 saturated carbocycles. The number of aryl methyl sites for hydroxylation is 1. The molecule has 0 aromatic heterocycles. The van der Waals surface area contributed by atoms with Gasteiger partial charge in [0.1, 0.15) is 0 Å². The van der Waals surface area contributed by atoms with Gasteiger partial charge in [0.15, 0.2) is 0 Å². The van der Waals surface area contributed by atoms with E-state index in [1.807, 2.05) is 0 Å². The number of allylic oxidation sites excluding steroid dienone is 1. The van der Waals surface area contributed by atoms with Crippen molar-refractivity contribution in [1.82, 2.24) is 0 Å². The number of benzene rings is 1. The fraction of sp³-hybridized carbons (Fsp3) is 0.467. The molecule has 0 heteroatoms. The third-order valence-electron chi connectivity index (χ3n) is 2.49. The Kier molecular flexibility index (Phi) is 3.73. The lowest BCUT2D eigenvalue weighted by molar-refractivity contribution is 0.427. The SMILES string of the molecule is C=C(CC(C)(C)C)c1cccc(CC)c1. The predicted octanol–water partition coefficient (Wildman–Crippen LogP) is 4.70. The van der Waals surface area contributed by atoms with E-state index in [9.17, 15) is 0 Å². The van der Waals surface area contributed by atoms with Gasteiger partial charge in [0.05, 0.1) is 0 Å². The number of hydrogen-bond acceptors (Lipinski definition) is 0. The van der Waals surface area contributed by atoms with Crippen molar-refractivity contribution in [3.8, 4) is 0 Å². The summed E-state index contributed by atoms with van der Waals surface area (Å²) in [5, 5.41) is 0. The quantitative estimate of drug-likeness (QED) is 0.666. The van der Waals surface area contributed by atoms with Crippen LogP contribution in [-0.4, -0.2) is 0 Å². The van der Waals surface area contributed by atoms with E-state index in [2.05, 4.69) is 58.5 Å². The highest BCUT2D eigenvalue weighted by Gasteiger charge is 2.12. The maximum absolute atomic E-state index is 4.19. The predicted molar refractivity (Wildman–Crippen MR) is 68.9 cm³/mol. The van der Waals surface area contributed by atoms with Crippen molar-refractivity contribution in [3.63, 3.8) is 0 Å². The third kappa shape index (κ3) is 3.91. The van der Waals surface area contributed by atoms with Crippen molar-refractivity contribution in [2.45, 2.75) is 40.5 Å². The maximum Gasteiger partial charge on any atom is -0.0227 e. The van der Waals surface area contributed by atoms with Crippen LogP contribution in [0.4, 0.5) is 0 Å². The summed E-state index contributed by atoms with van der Waals surface area (Å²) in [5.41, 5.74) is 4.25. The first kappa shape index (κ1) is 12.0. The average molecular weight is 202 g/mol. The molecule has 0 bridgehead atoms. The molecule has 1 aromatic carbocycles. The molecule has 0 N–H and O–H groups in total. The third-order valence-corrected chi connectivity index (χ3v) is 2.49. The van der Waals surface area contributed by atoms with Crippen LogP contribution >= 0.6 is 0 Å². The lowest BCUT2D eigenvalue weighted by Gasteiger charge is -2.20. The van der Waals surface area contributed by atoms with Crippen LogP contribution in [0.3, 0.4) is 0 Å². The zero-order valence-electron chi connectivity index (χ0n) is 10.4. The van der Waals surface area contributed by atoms with Crippen molar-refractivity contribution in [2.24, 2.45) is 5.41 Å². The van der Waals surface area contributed by atoms with Crippen LogP contribution in [0, 0.1) is 5.41 Å². The first-order chi connectivity index (χ1) is 6.92. The molecule has 0 aliphatic carbocycles. The van der Waals surface area contributed by atoms with E-state index in [0.29, 0.717) is 5.41 Å². The Morgan fingerprint density at radius 1 is 1.27 bits per heavy atom. The minimum atomic E-state index is 0.319. The summed E-state index contributed by atoms with van der Waals surface area (Å²) >= 11 is 0. The van der Waals surface area contributed by atoms with Crippen LogP contribution in [0.5, 0.6) is 0 Å². The average Bonchev–Trinajstić information content (AvgIpc) is 2.15. The molecule has 15 heavy (non-hydrogen) atoms. The van der Waals surface area contributed by atoms with E-state index in [4.69, 9.17) is 0 Å². The molecule has 0 aliphatic rings. The van der Waals surface area contributed by atoms with Gasteiger partial charge < -0.3 is 0 Å². The van der Waals surface area contributed by atoms with Crippen LogP contribution in [0.1, 0.15) is 45.2 Å². The second kappa shape index (κ2) is 4.65. The monoisotopic (exact) mass is 202 g/mol. The molecule has 0 atom stereocenters. The number of rotatable bonds is 3. The Bertz CT molecular complexity index is 339. The zero-order chi connectivity index (χ0) is 11.5. The molecule has 0 aliphatic heterocycles. The summed E-state index contributed by atoms with van der Waals surface area (Å²) in [4.78, 5) is 0. The fourth-order valence-corrected chi connectivity index (χ4v) is 1.75. The topological polar surface area (TPSA) is 0 Å². The van der Waals surface area contributed by atoms with Crippen molar-refractivity contribution >= 4 is 5.57 Å². The summed E-state index contributed by atoms with van der Waals surface area (Å²) in [5.74, 6) is 0. The number of hydrogen-bond donors (Lipinski definition) is 0. The molecule has 0 amide bonds. The molecule has 0 spiro atoms. The Morgan fingerprint density at radius 2 is 1.93 bits per heavy atom. The molecule has 0 unspecified atom stereocenters. The normalized spacial score (nSPS) is 11.5. The van der Waals surface area contributed by atoms with Crippen LogP contribution in [0.15, 0.2) is 30.8 Å². The van der Waals surface area contributed by atoms with E-state index >= 15 is 0 Å².